The van der Waals surface area contributed by atoms with Gasteiger partial charge in [0, 0.05) is 32.0 Å². The summed E-state index contributed by atoms with van der Waals surface area (Å²) in [5.74, 6) is 0.669. The highest BCUT2D eigenvalue weighted by Crippen LogP contribution is 2.31. The van der Waals surface area contributed by atoms with Gasteiger partial charge in [-0.2, -0.15) is 0 Å². The molecule has 0 spiro atoms. The van der Waals surface area contributed by atoms with Crippen LogP contribution in [0.15, 0.2) is 24.3 Å². The van der Waals surface area contributed by atoms with E-state index in [0.29, 0.717) is 12.5 Å². The molecule has 0 aromatic heterocycles. The van der Waals surface area contributed by atoms with Crippen molar-refractivity contribution in [3.63, 3.8) is 0 Å². The Bertz CT molecular complexity index is 455. The number of hydrogen-bond donors (Lipinski definition) is 2. The molecule has 102 valence electrons. The van der Waals surface area contributed by atoms with E-state index in [1.807, 2.05) is 24.3 Å². The van der Waals surface area contributed by atoms with Crippen molar-refractivity contribution in [2.24, 2.45) is 5.92 Å². The highest BCUT2D eigenvalue weighted by atomic mass is 16.5. The summed E-state index contributed by atoms with van der Waals surface area (Å²) >= 11 is 0. The molecule has 0 radical (unpaired) electrons. The molecule has 0 aliphatic carbocycles. The summed E-state index contributed by atoms with van der Waals surface area (Å²) in [6.45, 7) is 3.14. The van der Waals surface area contributed by atoms with E-state index in [1.165, 1.54) is 0 Å². The number of anilines is 1. The van der Waals surface area contributed by atoms with E-state index in [4.69, 9.17) is 4.74 Å². The first-order chi connectivity index (χ1) is 9.34. The minimum Gasteiger partial charge on any atom is -0.384 e. The van der Waals surface area contributed by atoms with Crippen LogP contribution in [0, 0.1) is 5.92 Å². The van der Waals surface area contributed by atoms with E-state index < -0.39 is 0 Å². The second kappa shape index (κ2) is 5.61. The maximum atomic E-state index is 12.3. The number of nitrogens with one attached hydrogen (secondary N) is 2. The maximum absolute atomic E-state index is 12.3. The maximum Gasteiger partial charge on any atom is 0.229 e. The van der Waals surface area contributed by atoms with E-state index in [2.05, 4.69) is 10.6 Å². The minimum absolute atomic E-state index is 0.0453. The number of carbonyl (C=O) groups excluding carboxylic acids is 1. The summed E-state index contributed by atoms with van der Waals surface area (Å²) in [7, 11) is 0. The van der Waals surface area contributed by atoms with Crippen molar-refractivity contribution in [1.82, 2.24) is 5.32 Å². The second-order valence-electron chi connectivity index (χ2n) is 5.32. The molecule has 4 heteroatoms. The van der Waals surface area contributed by atoms with E-state index in [-0.39, 0.29) is 11.8 Å². The largest absolute Gasteiger partial charge is 0.384 e. The van der Waals surface area contributed by atoms with Gasteiger partial charge in [0.1, 0.15) is 0 Å². The van der Waals surface area contributed by atoms with E-state index in [0.717, 1.165) is 43.9 Å². The molecule has 2 aliphatic rings. The fraction of sp³-hybridized carbons (Fsp3) is 0.533. The summed E-state index contributed by atoms with van der Waals surface area (Å²) in [6, 6.07) is 8.05. The molecule has 2 N–H and O–H groups in total. The van der Waals surface area contributed by atoms with Crippen molar-refractivity contribution in [3.05, 3.63) is 29.8 Å². The zero-order valence-electron chi connectivity index (χ0n) is 11.0. The van der Waals surface area contributed by atoms with Crippen molar-refractivity contribution >= 4 is 11.6 Å². The number of carbonyl (C=O) groups is 1. The topological polar surface area (TPSA) is 50.4 Å². The fourth-order valence-electron chi connectivity index (χ4n) is 2.84. The highest BCUT2D eigenvalue weighted by molar-refractivity contribution is 5.88. The zero-order chi connectivity index (χ0) is 13.1. The fourth-order valence-corrected chi connectivity index (χ4v) is 2.84. The molecule has 2 heterocycles. The molecule has 19 heavy (non-hydrogen) atoms. The molecule has 3 rings (SSSR count). The molecule has 0 saturated carbocycles. The average Bonchev–Trinajstić information content (AvgIpc) is 2.90. The lowest BCUT2D eigenvalue weighted by Gasteiger charge is -2.23. The number of fused-ring (bicyclic) bond motifs is 1. The Kier molecular flexibility index (Phi) is 3.69. The van der Waals surface area contributed by atoms with Crippen molar-refractivity contribution in [2.45, 2.75) is 18.8 Å². The van der Waals surface area contributed by atoms with Crippen LogP contribution < -0.4 is 10.6 Å². The van der Waals surface area contributed by atoms with Gasteiger partial charge in [-0.3, -0.25) is 4.79 Å². The Hall–Kier alpha value is -1.55. The van der Waals surface area contributed by atoms with Gasteiger partial charge in [-0.05, 0) is 30.4 Å². The summed E-state index contributed by atoms with van der Waals surface area (Å²) in [5, 5.41) is 6.39. The molecule has 1 amide bonds. The van der Waals surface area contributed by atoms with Crippen LogP contribution in [0.3, 0.4) is 0 Å². The molecule has 1 fully saturated rings. The highest BCUT2D eigenvalue weighted by Gasteiger charge is 2.28. The van der Waals surface area contributed by atoms with Crippen LogP contribution in [0.2, 0.25) is 0 Å². The zero-order valence-corrected chi connectivity index (χ0v) is 11.0. The van der Waals surface area contributed by atoms with Crippen LogP contribution in [0.25, 0.3) is 0 Å². The van der Waals surface area contributed by atoms with Gasteiger partial charge in [0.05, 0.1) is 5.92 Å². The minimum atomic E-state index is -0.0453. The van der Waals surface area contributed by atoms with Crippen LogP contribution in [0.5, 0.6) is 0 Å². The lowest BCUT2D eigenvalue weighted by molar-refractivity contribution is -0.122. The van der Waals surface area contributed by atoms with E-state index >= 15 is 0 Å². The Labute approximate surface area is 113 Å². The van der Waals surface area contributed by atoms with Crippen LogP contribution >= 0.6 is 0 Å². The van der Waals surface area contributed by atoms with Gasteiger partial charge in [-0.1, -0.05) is 18.2 Å². The van der Waals surface area contributed by atoms with Crippen LogP contribution in [-0.2, 0) is 9.53 Å². The monoisotopic (exact) mass is 260 g/mol. The summed E-state index contributed by atoms with van der Waals surface area (Å²) in [5.41, 5.74) is 2.21. The summed E-state index contributed by atoms with van der Waals surface area (Å²) < 4.78 is 5.33. The van der Waals surface area contributed by atoms with Gasteiger partial charge in [0.25, 0.3) is 0 Å². The second-order valence-corrected chi connectivity index (χ2v) is 5.32. The first-order valence-corrected chi connectivity index (χ1v) is 7.03. The van der Waals surface area contributed by atoms with Crippen LogP contribution in [-0.4, -0.2) is 32.2 Å². The summed E-state index contributed by atoms with van der Waals surface area (Å²) in [6.07, 6.45) is 2.11. The van der Waals surface area contributed by atoms with Gasteiger partial charge in [0.2, 0.25) is 5.91 Å². The first-order valence-electron chi connectivity index (χ1n) is 7.03. The predicted molar refractivity (Wildman–Crippen MR) is 74.2 cm³/mol. The summed E-state index contributed by atoms with van der Waals surface area (Å²) in [4.78, 5) is 12.3. The Morgan fingerprint density at radius 1 is 1.32 bits per heavy atom. The molecule has 2 aliphatic heterocycles. The number of para-hydroxylation sites is 1. The standard InChI is InChI=1S/C15H20N2O2/c18-15(17-9-11-5-7-19-8-6-11)13-10-16-14-4-2-1-3-12(13)14/h1-4,11,13,16H,5-10H2,(H,17,18). The van der Waals surface area contributed by atoms with Crippen LogP contribution in [0.4, 0.5) is 5.69 Å². The van der Waals surface area contributed by atoms with E-state index in [9.17, 15) is 4.79 Å². The molecule has 1 aromatic carbocycles. The van der Waals surface area contributed by atoms with Gasteiger partial charge in [-0.15, -0.1) is 0 Å². The number of amides is 1. The molecule has 1 saturated heterocycles. The van der Waals surface area contributed by atoms with Gasteiger partial charge in [0.15, 0.2) is 0 Å². The molecule has 0 bridgehead atoms. The number of ether oxygens (including phenoxy) is 1. The van der Waals surface area contributed by atoms with Gasteiger partial charge >= 0.3 is 0 Å². The third-order valence-corrected chi connectivity index (χ3v) is 4.06. The molecule has 4 nitrogen and oxygen atoms in total. The van der Waals surface area contributed by atoms with Crippen LogP contribution in [0.1, 0.15) is 24.3 Å². The number of hydrogen-bond acceptors (Lipinski definition) is 3. The lowest BCUT2D eigenvalue weighted by Crippen LogP contribution is -2.35. The van der Waals surface area contributed by atoms with Crippen molar-refractivity contribution in [2.75, 3.05) is 31.6 Å². The Morgan fingerprint density at radius 3 is 2.95 bits per heavy atom. The molecule has 1 atom stereocenters. The molecule has 1 aromatic rings. The lowest BCUT2D eigenvalue weighted by atomic mass is 9.98. The Balaban J connectivity index is 1.56. The predicted octanol–water partition coefficient (Wildman–Crippen LogP) is 1.74. The number of rotatable bonds is 3. The normalized spacial score (nSPS) is 22.6. The van der Waals surface area contributed by atoms with Crippen molar-refractivity contribution in [3.8, 4) is 0 Å². The number of benzene rings is 1. The quantitative estimate of drug-likeness (QED) is 0.870. The molecule has 1 unspecified atom stereocenters. The SMILES string of the molecule is O=C(NCC1CCOCC1)C1CNc2ccccc21. The van der Waals surface area contributed by atoms with Crippen molar-refractivity contribution in [1.29, 1.82) is 0 Å². The third-order valence-electron chi connectivity index (χ3n) is 4.06. The first kappa shape index (κ1) is 12.5. The van der Waals surface area contributed by atoms with E-state index in [1.54, 1.807) is 0 Å². The van der Waals surface area contributed by atoms with Crippen molar-refractivity contribution < 1.29 is 9.53 Å². The third kappa shape index (κ3) is 2.73. The average molecular weight is 260 g/mol. The van der Waals surface area contributed by atoms with Gasteiger partial charge in [-0.25, -0.2) is 0 Å². The molecular formula is C15H20N2O2. The molecular weight excluding hydrogens is 240 g/mol. The van der Waals surface area contributed by atoms with Gasteiger partial charge < -0.3 is 15.4 Å². The smallest absolute Gasteiger partial charge is 0.229 e. The Morgan fingerprint density at radius 2 is 2.11 bits per heavy atom.